The first-order valence-corrected chi connectivity index (χ1v) is 6.62. The van der Waals surface area contributed by atoms with E-state index in [1.165, 1.54) is 10.7 Å². The van der Waals surface area contributed by atoms with Gasteiger partial charge in [0.15, 0.2) is 5.69 Å². The molecule has 22 heavy (non-hydrogen) atoms. The molecule has 0 radical (unpaired) electrons. The van der Waals surface area contributed by atoms with E-state index in [1.54, 1.807) is 13.0 Å². The number of aromatic nitrogens is 3. The monoisotopic (exact) mass is 299 g/mol. The minimum atomic E-state index is -1.13. The van der Waals surface area contributed by atoms with Crippen molar-refractivity contribution in [2.24, 2.45) is 0 Å². The minimum Gasteiger partial charge on any atom is -0.476 e. The smallest absolute Gasteiger partial charge is 0.358 e. The van der Waals surface area contributed by atoms with E-state index in [-0.39, 0.29) is 12.2 Å². The molecule has 2 aromatic heterocycles. The van der Waals surface area contributed by atoms with Crippen molar-refractivity contribution in [1.82, 2.24) is 15.0 Å². The quantitative estimate of drug-likeness (QED) is 0.740. The number of aromatic carboxylic acids is 1. The Kier molecular flexibility index (Phi) is 3.25. The SMILES string of the molecule is Cc1ccc2oc(=O)cc(Cn3nnc(C(=O)O)c3C)c2c1. The van der Waals surface area contributed by atoms with E-state index in [0.29, 0.717) is 16.8 Å². The third kappa shape index (κ3) is 2.37. The third-order valence-corrected chi connectivity index (χ3v) is 3.49. The highest BCUT2D eigenvalue weighted by Crippen LogP contribution is 2.20. The lowest BCUT2D eigenvalue weighted by Gasteiger charge is -2.07. The van der Waals surface area contributed by atoms with E-state index in [1.807, 2.05) is 19.1 Å². The molecule has 3 aromatic rings. The number of nitrogens with zero attached hydrogens (tertiary/aromatic N) is 3. The van der Waals surface area contributed by atoms with Gasteiger partial charge in [-0.1, -0.05) is 16.8 Å². The second-order valence-electron chi connectivity index (χ2n) is 5.08. The standard InChI is InChI=1S/C15H13N3O4/c1-8-3-4-12-11(5-8)10(6-13(19)22-12)7-18-9(2)14(15(20)21)16-17-18/h3-6H,7H2,1-2H3,(H,20,21). The van der Waals surface area contributed by atoms with Gasteiger partial charge < -0.3 is 9.52 Å². The molecule has 0 bridgehead atoms. The van der Waals surface area contributed by atoms with Crippen LogP contribution in [0, 0.1) is 13.8 Å². The van der Waals surface area contributed by atoms with E-state index in [2.05, 4.69) is 10.3 Å². The molecule has 3 rings (SSSR count). The fourth-order valence-corrected chi connectivity index (χ4v) is 2.34. The molecular formula is C15H13N3O4. The summed E-state index contributed by atoms with van der Waals surface area (Å²) in [5.74, 6) is -1.13. The highest BCUT2D eigenvalue weighted by Gasteiger charge is 2.16. The summed E-state index contributed by atoms with van der Waals surface area (Å²) in [4.78, 5) is 22.7. The van der Waals surface area contributed by atoms with Gasteiger partial charge in [-0.05, 0) is 31.5 Å². The fraction of sp³-hybridized carbons (Fsp3) is 0.200. The van der Waals surface area contributed by atoms with Gasteiger partial charge in [0.1, 0.15) is 5.58 Å². The van der Waals surface area contributed by atoms with Crippen LogP contribution in [-0.2, 0) is 6.54 Å². The van der Waals surface area contributed by atoms with Crippen LogP contribution in [0.3, 0.4) is 0 Å². The van der Waals surface area contributed by atoms with Crippen LogP contribution in [0.15, 0.2) is 33.5 Å². The number of carboxylic acids is 1. The van der Waals surface area contributed by atoms with Crippen LogP contribution in [0.1, 0.15) is 27.3 Å². The Morgan fingerprint density at radius 2 is 2.09 bits per heavy atom. The van der Waals surface area contributed by atoms with E-state index >= 15 is 0 Å². The average Bonchev–Trinajstić information content (AvgIpc) is 2.81. The maximum Gasteiger partial charge on any atom is 0.358 e. The number of hydrogen-bond acceptors (Lipinski definition) is 5. The maximum atomic E-state index is 11.7. The zero-order valence-corrected chi connectivity index (χ0v) is 12.0. The molecule has 7 nitrogen and oxygen atoms in total. The molecule has 0 saturated heterocycles. The van der Waals surface area contributed by atoms with Gasteiger partial charge in [0, 0.05) is 11.5 Å². The Bertz CT molecular complexity index is 940. The van der Waals surface area contributed by atoms with Crippen molar-refractivity contribution in [3.63, 3.8) is 0 Å². The first-order valence-electron chi connectivity index (χ1n) is 6.62. The van der Waals surface area contributed by atoms with Gasteiger partial charge in [-0.2, -0.15) is 0 Å². The van der Waals surface area contributed by atoms with Gasteiger partial charge in [-0.3, -0.25) is 0 Å². The summed E-state index contributed by atoms with van der Waals surface area (Å²) in [6.45, 7) is 3.82. The Morgan fingerprint density at radius 1 is 1.32 bits per heavy atom. The molecule has 1 aromatic carbocycles. The Hall–Kier alpha value is -2.96. The predicted molar refractivity (Wildman–Crippen MR) is 78.0 cm³/mol. The zero-order chi connectivity index (χ0) is 15.9. The van der Waals surface area contributed by atoms with Crippen LogP contribution in [-0.4, -0.2) is 26.1 Å². The highest BCUT2D eigenvalue weighted by atomic mass is 16.4. The van der Waals surface area contributed by atoms with Gasteiger partial charge in [-0.15, -0.1) is 5.10 Å². The minimum absolute atomic E-state index is 0.0940. The molecule has 0 aliphatic rings. The van der Waals surface area contributed by atoms with Crippen molar-refractivity contribution < 1.29 is 14.3 Å². The van der Waals surface area contributed by atoms with E-state index in [0.717, 1.165) is 10.9 Å². The zero-order valence-electron chi connectivity index (χ0n) is 12.0. The summed E-state index contributed by atoms with van der Waals surface area (Å²) in [7, 11) is 0. The molecule has 0 aliphatic heterocycles. The molecule has 0 amide bonds. The van der Waals surface area contributed by atoms with Crippen molar-refractivity contribution in [1.29, 1.82) is 0 Å². The van der Waals surface area contributed by atoms with Gasteiger partial charge in [0.05, 0.1) is 12.2 Å². The summed E-state index contributed by atoms with van der Waals surface area (Å²) in [5, 5.41) is 17.3. The van der Waals surface area contributed by atoms with Crippen molar-refractivity contribution in [3.05, 3.63) is 57.2 Å². The van der Waals surface area contributed by atoms with Crippen LogP contribution in [0.5, 0.6) is 0 Å². The summed E-state index contributed by atoms with van der Waals surface area (Å²) in [6, 6.07) is 6.91. The second-order valence-corrected chi connectivity index (χ2v) is 5.08. The summed E-state index contributed by atoms with van der Waals surface area (Å²) < 4.78 is 6.63. The van der Waals surface area contributed by atoms with Crippen LogP contribution < -0.4 is 5.63 Å². The Morgan fingerprint density at radius 3 is 2.77 bits per heavy atom. The van der Waals surface area contributed by atoms with E-state index in [4.69, 9.17) is 9.52 Å². The van der Waals surface area contributed by atoms with Gasteiger partial charge in [-0.25, -0.2) is 14.3 Å². The Balaban J connectivity index is 2.13. The molecular weight excluding hydrogens is 286 g/mol. The highest BCUT2D eigenvalue weighted by molar-refractivity contribution is 5.86. The second kappa shape index (κ2) is 5.10. The van der Waals surface area contributed by atoms with Gasteiger partial charge in [0.25, 0.3) is 0 Å². The van der Waals surface area contributed by atoms with Crippen molar-refractivity contribution >= 4 is 16.9 Å². The molecule has 0 spiro atoms. The maximum absolute atomic E-state index is 11.7. The van der Waals surface area contributed by atoms with Crippen LogP contribution in [0.2, 0.25) is 0 Å². The molecule has 112 valence electrons. The van der Waals surface area contributed by atoms with Crippen molar-refractivity contribution in [3.8, 4) is 0 Å². The summed E-state index contributed by atoms with van der Waals surface area (Å²) in [5.41, 5.74) is 2.11. The van der Waals surface area contributed by atoms with E-state index < -0.39 is 11.6 Å². The molecule has 1 N–H and O–H groups in total. The molecule has 0 unspecified atom stereocenters. The van der Waals surface area contributed by atoms with Gasteiger partial charge >= 0.3 is 11.6 Å². The van der Waals surface area contributed by atoms with Crippen LogP contribution in [0.4, 0.5) is 0 Å². The number of carboxylic acid groups (broad SMARTS) is 1. The average molecular weight is 299 g/mol. The van der Waals surface area contributed by atoms with Crippen molar-refractivity contribution in [2.75, 3.05) is 0 Å². The fourth-order valence-electron chi connectivity index (χ4n) is 2.34. The summed E-state index contributed by atoms with van der Waals surface area (Å²) in [6.07, 6.45) is 0. The van der Waals surface area contributed by atoms with Crippen molar-refractivity contribution in [2.45, 2.75) is 20.4 Å². The normalized spacial score (nSPS) is 11.0. The molecule has 0 atom stereocenters. The molecule has 0 aliphatic carbocycles. The molecule has 7 heteroatoms. The largest absolute Gasteiger partial charge is 0.476 e. The number of hydrogen-bond donors (Lipinski definition) is 1. The number of carbonyl (C=O) groups is 1. The van der Waals surface area contributed by atoms with Gasteiger partial charge in [0.2, 0.25) is 0 Å². The topological polar surface area (TPSA) is 98.2 Å². The lowest BCUT2D eigenvalue weighted by atomic mass is 10.1. The first kappa shape index (κ1) is 14.0. The first-order chi connectivity index (χ1) is 10.5. The number of benzene rings is 1. The number of rotatable bonds is 3. The molecule has 0 fully saturated rings. The lowest BCUT2D eigenvalue weighted by Crippen LogP contribution is -2.09. The predicted octanol–water partition coefficient (Wildman–Crippen LogP) is 1.75. The van der Waals surface area contributed by atoms with Crippen LogP contribution >= 0.6 is 0 Å². The van der Waals surface area contributed by atoms with Crippen LogP contribution in [0.25, 0.3) is 11.0 Å². The van der Waals surface area contributed by atoms with E-state index in [9.17, 15) is 9.59 Å². The molecule has 2 heterocycles. The number of aryl methyl sites for hydroxylation is 1. The third-order valence-electron chi connectivity index (χ3n) is 3.49. The Labute approximate surface area is 124 Å². The molecule has 0 saturated carbocycles. The summed E-state index contributed by atoms with van der Waals surface area (Å²) >= 11 is 0. The lowest BCUT2D eigenvalue weighted by molar-refractivity contribution is 0.0689. The number of fused-ring (bicyclic) bond motifs is 1.